The Balaban J connectivity index is 2.15. The van der Waals surface area contributed by atoms with E-state index >= 15 is 0 Å². The molecule has 2 nitrogen and oxygen atoms in total. The van der Waals surface area contributed by atoms with Gasteiger partial charge in [0.25, 0.3) is 0 Å². The molecule has 1 aromatic rings. The number of hydrogen-bond acceptors (Lipinski definition) is 2. The van der Waals surface area contributed by atoms with E-state index in [9.17, 15) is 0 Å². The standard InChI is InChI=1S/C15H19ClN2/c1-15(2,3)12-6-7-18(10-12)13-5-4-11(9-17)14(16)8-13/h4-5,8,12H,6-7,10H2,1-3H3. The second kappa shape index (κ2) is 4.82. The summed E-state index contributed by atoms with van der Waals surface area (Å²) < 4.78 is 0. The van der Waals surface area contributed by atoms with Gasteiger partial charge in [-0.2, -0.15) is 5.26 Å². The molecule has 1 saturated heterocycles. The highest BCUT2D eigenvalue weighted by atomic mass is 35.5. The Morgan fingerprint density at radius 2 is 2.11 bits per heavy atom. The lowest BCUT2D eigenvalue weighted by molar-refractivity contribution is 0.263. The average Bonchev–Trinajstić information content (AvgIpc) is 2.77. The Hall–Kier alpha value is -1.20. The van der Waals surface area contributed by atoms with Crippen LogP contribution in [0.1, 0.15) is 32.8 Å². The minimum Gasteiger partial charge on any atom is -0.371 e. The van der Waals surface area contributed by atoms with Gasteiger partial charge in [0, 0.05) is 18.8 Å². The zero-order valence-corrected chi connectivity index (χ0v) is 12.0. The second-order valence-corrected chi connectivity index (χ2v) is 6.48. The molecule has 1 atom stereocenters. The molecule has 0 bridgehead atoms. The Bertz CT molecular complexity index is 482. The van der Waals surface area contributed by atoms with Crippen molar-refractivity contribution in [3.8, 4) is 6.07 Å². The van der Waals surface area contributed by atoms with Crippen molar-refractivity contribution in [1.29, 1.82) is 5.26 Å². The smallest absolute Gasteiger partial charge is 0.101 e. The fourth-order valence-electron chi connectivity index (χ4n) is 2.49. The second-order valence-electron chi connectivity index (χ2n) is 6.07. The molecule has 0 N–H and O–H groups in total. The molecule has 1 aliphatic heterocycles. The number of nitriles is 1. The third-order valence-electron chi connectivity index (χ3n) is 3.85. The van der Waals surface area contributed by atoms with Crippen molar-refractivity contribution in [3.63, 3.8) is 0 Å². The zero-order chi connectivity index (χ0) is 13.3. The van der Waals surface area contributed by atoms with E-state index in [-0.39, 0.29) is 0 Å². The summed E-state index contributed by atoms with van der Waals surface area (Å²) in [5.41, 5.74) is 2.03. The van der Waals surface area contributed by atoms with Gasteiger partial charge in [0.15, 0.2) is 0 Å². The molecule has 0 aliphatic carbocycles. The SMILES string of the molecule is CC(C)(C)C1CCN(c2ccc(C#N)c(Cl)c2)C1. The van der Waals surface area contributed by atoms with E-state index in [1.165, 1.54) is 6.42 Å². The highest BCUT2D eigenvalue weighted by Crippen LogP contribution is 2.36. The van der Waals surface area contributed by atoms with Crippen LogP contribution in [0.3, 0.4) is 0 Å². The summed E-state index contributed by atoms with van der Waals surface area (Å²) >= 11 is 6.09. The Morgan fingerprint density at radius 3 is 2.61 bits per heavy atom. The normalized spacial score (nSPS) is 19.9. The van der Waals surface area contributed by atoms with Crippen molar-refractivity contribution in [1.82, 2.24) is 0 Å². The van der Waals surface area contributed by atoms with Gasteiger partial charge in [0.05, 0.1) is 10.6 Å². The van der Waals surface area contributed by atoms with E-state index in [4.69, 9.17) is 16.9 Å². The van der Waals surface area contributed by atoms with Crippen molar-refractivity contribution < 1.29 is 0 Å². The van der Waals surface area contributed by atoms with Crippen LogP contribution in [-0.4, -0.2) is 13.1 Å². The van der Waals surface area contributed by atoms with Crippen LogP contribution in [0.4, 0.5) is 5.69 Å². The van der Waals surface area contributed by atoms with Gasteiger partial charge in [0.2, 0.25) is 0 Å². The number of anilines is 1. The highest BCUT2D eigenvalue weighted by Gasteiger charge is 2.31. The molecule has 0 spiro atoms. The van der Waals surface area contributed by atoms with E-state index in [1.54, 1.807) is 0 Å². The molecule has 0 radical (unpaired) electrons. The molecule has 1 heterocycles. The number of hydrogen-bond donors (Lipinski definition) is 0. The molecule has 0 saturated carbocycles. The maximum absolute atomic E-state index is 8.88. The van der Waals surface area contributed by atoms with Gasteiger partial charge in [-0.05, 0) is 36.0 Å². The van der Waals surface area contributed by atoms with Crippen LogP contribution in [0.15, 0.2) is 18.2 Å². The molecule has 0 aromatic heterocycles. The molecule has 2 rings (SSSR count). The quantitative estimate of drug-likeness (QED) is 0.762. The molecule has 96 valence electrons. The summed E-state index contributed by atoms with van der Waals surface area (Å²) in [7, 11) is 0. The fourth-order valence-corrected chi connectivity index (χ4v) is 2.71. The molecule has 3 heteroatoms. The Morgan fingerprint density at radius 1 is 1.39 bits per heavy atom. The number of benzene rings is 1. The van der Waals surface area contributed by atoms with Crippen molar-refractivity contribution in [2.75, 3.05) is 18.0 Å². The monoisotopic (exact) mass is 262 g/mol. The van der Waals surface area contributed by atoms with Crippen LogP contribution >= 0.6 is 11.6 Å². The summed E-state index contributed by atoms with van der Waals surface area (Å²) in [5.74, 6) is 0.715. The largest absolute Gasteiger partial charge is 0.371 e. The number of halogens is 1. The van der Waals surface area contributed by atoms with Gasteiger partial charge >= 0.3 is 0 Å². The molecule has 1 aliphatic rings. The van der Waals surface area contributed by atoms with E-state index in [1.807, 2.05) is 18.2 Å². The summed E-state index contributed by atoms with van der Waals surface area (Å²) in [6.07, 6.45) is 1.22. The van der Waals surface area contributed by atoms with Crippen molar-refractivity contribution in [2.45, 2.75) is 27.2 Å². The van der Waals surface area contributed by atoms with Gasteiger partial charge in [-0.1, -0.05) is 32.4 Å². The van der Waals surface area contributed by atoms with E-state index in [2.05, 4.69) is 31.7 Å². The van der Waals surface area contributed by atoms with Crippen molar-refractivity contribution >= 4 is 17.3 Å². The van der Waals surface area contributed by atoms with Gasteiger partial charge in [-0.15, -0.1) is 0 Å². The van der Waals surface area contributed by atoms with E-state index in [0.717, 1.165) is 18.8 Å². The average molecular weight is 263 g/mol. The fraction of sp³-hybridized carbons (Fsp3) is 0.533. The molecule has 1 aromatic carbocycles. The molecule has 1 fully saturated rings. The molecule has 0 amide bonds. The molecular weight excluding hydrogens is 244 g/mol. The molecular formula is C15H19ClN2. The maximum atomic E-state index is 8.88. The van der Waals surface area contributed by atoms with Crippen molar-refractivity contribution in [3.05, 3.63) is 28.8 Å². The molecule has 1 unspecified atom stereocenters. The third kappa shape index (κ3) is 2.62. The summed E-state index contributed by atoms with van der Waals surface area (Å²) in [6.45, 7) is 9.04. The van der Waals surface area contributed by atoms with Gasteiger partial charge in [-0.3, -0.25) is 0 Å². The van der Waals surface area contributed by atoms with E-state index < -0.39 is 0 Å². The summed E-state index contributed by atoms with van der Waals surface area (Å²) in [4.78, 5) is 2.36. The zero-order valence-electron chi connectivity index (χ0n) is 11.2. The van der Waals surface area contributed by atoms with E-state index in [0.29, 0.717) is 21.9 Å². The first-order valence-electron chi connectivity index (χ1n) is 6.36. The minimum absolute atomic E-state index is 0.352. The maximum Gasteiger partial charge on any atom is 0.101 e. The van der Waals surface area contributed by atoms with Crippen LogP contribution in [0.2, 0.25) is 5.02 Å². The van der Waals surface area contributed by atoms with Crippen LogP contribution in [0.25, 0.3) is 0 Å². The highest BCUT2D eigenvalue weighted by molar-refractivity contribution is 6.32. The Labute approximate surface area is 114 Å². The first-order valence-corrected chi connectivity index (χ1v) is 6.74. The third-order valence-corrected chi connectivity index (χ3v) is 4.16. The van der Waals surface area contributed by atoms with Crippen LogP contribution in [0, 0.1) is 22.7 Å². The van der Waals surface area contributed by atoms with Crippen LogP contribution < -0.4 is 4.90 Å². The lowest BCUT2D eigenvalue weighted by Crippen LogP contribution is -2.25. The van der Waals surface area contributed by atoms with Crippen molar-refractivity contribution in [2.24, 2.45) is 11.3 Å². The summed E-state index contributed by atoms with van der Waals surface area (Å²) in [6, 6.07) is 7.81. The first kappa shape index (κ1) is 13.2. The molecule has 18 heavy (non-hydrogen) atoms. The van der Waals surface area contributed by atoms with Gasteiger partial charge in [-0.25, -0.2) is 0 Å². The topological polar surface area (TPSA) is 27.0 Å². The predicted octanol–water partition coefficient (Wildman–Crippen LogP) is 4.08. The Kier molecular flexibility index (Phi) is 3.54. The van der Waals surface area contributed by atoms with Gasteiger partial charge < -0.3 is 4.90 Å². The van der Waals surface area contributed by atoms with Crippen LogP contribution in [-0.2, 0) is 0 Å². The summed E-state index contributed by atoms with van der Waals surface area (Å²) in [5, 5.41) is 9.43. The lowest BCUT2D eigenvalue weighted by Gasteiger charge is -2.27. The number of nitrogens with zero attached hydrogens (tertiary/aromatic N) is 2. The minimum atomic E-state index is 0.352. The van der Waals surface area contributed by atoms with Gasteiger partial charge in [0.1, 0.15) is 6.07 Å². The van der Waals surface area contributed by atoms with Crippen LogP contribution in [0.5, 0.6) is 0 Å². The lowest BCUT2D eigenvalue weighted by atomic mass is 9.80. The first-order chi connectivity index (χ1) is 8.41. The number of rotatable bonds is 1. The predicted molar refractivity (Wildman–Crippen MR) is 75.9 cm³/mol.